The third-order valence-corrected chi connectivity index (χ3v) is 5.06. The lowest BCUT2D eigenvalue weighted by molar-refractivity contribution is -0.274. The number of alkyl halides is 3. The first-order valence-corrected chi connectivity index (χ1v) is 9.46. The second-order valence-electron chi connectivity index (χ2n) is 6.92. The second kappa shape index (κ2) is 9.68. The Morgan fingerprint density at radius 1 is 0.903 bits per heavy atom. The molecule has 0 amide bonds. The smallest absolute Gasteiger partial charge is 0.497 e. The molecule has 4 rings (SSSR count). The standard InChI is InChI=1S/C23H20F3NO2.F2/c1-28-17-7-2-5-15(13-17)19-9-4-10-22-20(19)11-12-21(27-22)16-6-3-8-18(14-16)29-23(24,25)26;1-2/h2-10,13-14,21,27H,11-12H2,1H3;. The fraction of sp³-hybridized carbons (Fsp3) is 0.217. The van der Waals surface area contributed by atoms with Crippen LogP contribution in [-0.2, 0) is 6.42 Å². The van der Waals surface area contributed by atoms with Gasteiger partial charge in [0.25, 0.3) is 0 Å². The first-order valence-electron chi connectivity index (χ1n) is 9.46. The maximum absolute atomic E-state index is 12.5. The summed E-state index contributed by atoms with van der Waals surface area (Å²) in [6, 6.07) is 20.0. The number of rotatable bonds is 4. The van der Waals surface area contributed by atoms with E-state index in [2.05, 4.69) is 16.1 Å². The molecular formula is C23H20F5NO2. The van der Waals surface area contributed by atoms with Crippen molar-refractivity contribution in [3.63, 3.8) is 0 Å². The molecule has 0 saturated heterocycles. The molecule has 0 fully saturated rings. The summed E-state index contributed by atoms with van der Waals surface area (Å²) in [5.74, 6) is 0.593. The summed E-state index contributed by atoms with van der Waals surface area (Å²) in [6.07, 6.45) is -3.12. The van der Waals surface area contributed by atoms with Gasteiger partial charge in [0.15, 0.2) is 0 Å². The summed E-state index contributed by atoms with van der Waals surface area (Å²) >= 11 is 0. The number of hydrogen-bond acceptors (Lipinski definition) is 3. The zero-order valence-corrected chi connectivity index (χ0v) is 16.5. The van der Waals surface area contributed by atoms with E-state index in [0.717, 1.165) is 41.0 Å². The Balaban J connectivity index is 0.00000132. The predicted molar refractivity (Wildman–Crippen MR) is 108 cm³/mol. The second-order valence-corrected chi connectivity index (χ2v) is 6.92. The van der Waals surface area contributed by atoms with Gasteiger partial charge in [0, 0.05) is 14.8 Å². The number of benzene rings is 3. The molecule has 3 nitrogen and oxygen atoms in total. The molecule has 1 unspecified atom stereocenters. The molecule has 1 heterocycles. The number of anilines is 1. The van der Waals surface area contributed by atoms with Gasteiger partial charge in [-0.15, -0.1) is 13.2 Å². The molecule has 8 heteroatoms. The summed E-state index contributed by atoms with van der Waals surface area (Å²) in [6.45, 7) is 0. The highest BCUT2D eigenvalue weighted by Gasteiger charge is 2.31. The summed E-state index contributed by atoms with van der Waals surface area (Å²) in [4.78, 5) is 0. The van der Waals surface area contributed by atoms with Crippen molar-refractivity contribution in [3.8, 4) is 22.6 Å². The van der Waals surface area contributed by atoms with Gasteiger partial charge in [-0.1, -0.05) is 36.4 Å². The van der Waals surface area contributed by atoms with Crippen LogP contribution in [0.2, 0.25) is 0 Å². The minimum absolute atomic E-state index is 0.0835. The van der Waals surface area contributed by atoms with Gasteiger partial charge < -0.3 is 14.8 Å². The van der Waals surface area contributed by atoms with Crippen molar-refractivity contribution in [2.45, 2.75) is 25.2 Å². The largest absolute Gasteiger partial charge is 0.573 e. The zero-order chi connectivity index (χ0) is 22.4. The van der Waals surface area contributed by atoms with Gasteiger partial charge in [0.2, 0.25) is 0 Å². The number of nitrogens with one attached hydrogen (secondary N) is 1. The van der Waals surface area contributed by atoms with Crippen molar-refractivity contribution in [1.29, 1.82) is 0 Å². The minimum Gasteiger partial charge on any atom is -0.497 e. The van der Waals surface area contributed by atoms with E-state index < -0.39 is 6.36 Å². The number of fused-ring (bicyclic) bond motifs is 1. The average molecular weight is 437 g/mol. The maximum Gasteiger partial charge on any atom is 0.573 e. The van der Waals surface area contributed by atoms with E-state index in [1.54, 1.807) is 13.2 Å². The van der Waals surface area contributed by atoms with E-state index in [9.17, 15) is 13.2 Å². The normalized spacial score (nSPS) is 15.1. The number of halogens is 5. The van der Waals surface area contributed by atoms with Crippen LogP contribution in [0.5, 0.6) is 11.5 Å². The van der Waals surface area contributed by atoms with Crippen LogP contribution in [0, 0.1) is 0 Å². The molecule has 0 saturated carbocycles. The van der Waals surface area contributed by atoms with Crippen molar-refractivity contribution in [1.82, 2.24) is 0 Å². The van der Waals surface area contributed by atoms with Gasteiger partial charge in [0.05, 0.1) is 13.2 Å². The van der Waals surface area contributed by atoms with Crippen LogP contribution in [0.4, 0.5) is 28.0 Å². The Morgan fingerprint density at radius 3 is 2.35 bits per heavy atom. The molecule has 3 aromatic carbocycles. The van der Waals surface area contributed by atoms with E-state index in [-0.39, 0.29) is 11.8 Å². The summed E-state index contributed by atoms with van der Waals surface area (Å²) in [7, 11) is 1.64. The van der Waals surface area contributed by atoms with E-state index in [0.29, 0.717) is 0 Å². The van der Waals surface area contributed by atoms with Crippen molar-refractivity contribution in [2.24, 2.45) is 0 Å². The Morgan fingerprint density at radius 2 is 1.61 bits per heavy atom. The zero-order valence-electron chi connectivity index (χ0n) is 16.5. The van der Waals surface area contributed by atoms with E-state index >= 15 is 0 Å². The van der Waals surface area contributed by atoms with Gasteiger partial charge in [-0.2, -0.15) is 0 Å². The summed E-state index contributed by atoms with van der Waals surface area (Å²) in [5, 5.41) is 3.47. The van der Waals surface area contributed by atoms with Crippen molar-refractivity contribution in [2.75, 3.05) is 12.4 Å². The van der Waals surface area contributed by atoms with Crippen LogP contribution in [0.3, 0.4) is 0 Å². The van der Waals surface area contributed by atoms with Crippen molar-refractivity contribution in [3.05, 3.63) is 77.9 Å². The lowest BCUT2D eigenvalue weighted by atomic mass is 9.88. The molecule has 31 heavy (non-hydrogen) atoms. The molecule has 0 aliphatic carbocycles. The molecule has 3 aromatic rings. The van der Waals surface area contributed by atoms with E-state index in [1.165, 1.54) is 17.7 Å². The highest BCUT2D eigenvalue weighted by Crippen LogP contribution is 2.39. The Kier molecular flexibility index (Phi) is 6.99. The third-order valence-electron chi connectivity index (χ3n) is 5.06. The summed E-state index contributed by atoms with van der Waals surface area (Å²) < 4.78 is 63.0. The third kappa shape index (κ3) is 5.45. The molecule has 1 aliphatic heterocycles. The first kappa shape index (κ1) is 22.4. The Labute approximate surface area is 176 Å². The van der Waals surface area contributed by atoms with Crippen LogP contribution in [0.1, 0.15) is 23.6 Å². The Bertz CT molecular complexity index is 1020. The van der Waals surface area contributed by atoms with Crippen LogP contribution in [0.15, 0.2) is 66.7 Å². The SMILES string of the molecule is COc1cccc(-c2cccc3c2CCC(c2cccc(OC(F)(F)F)c2)N3)c1.FF. The van der Waals surface area contributed by atoms with Crippen molar-refractivity contribution >= 4 is 5.69 Å². The van der Waals surface area contributed by atoms with E-state index in [1.807, 2.05) is 42.5 Å². The van der Waals surface area contributed by atoms with E-state index in [4.69, 9.17) is 13.9 Å². The van der Waals surface area contributed by atoms with Gasteiger partial charge in [-0.05, 0) is 65.4 Å². The number of ether oxygens (including phenoxy) is 2. The summed E-state index contributed by atoms with van der Waals surface area (Å²) in [5.41, 5.74) is 5.15. The minimum atomic E-state index is -4.70. The molecule has 1 N–H and O–H groups in total. The fourth-order valence-electron chi connectivity index (χ4n) is 3.78. The molecule has 0 bridgehead atoms. The lowest BCUT2D eigenvalue weighted by Gasteiger charge is -2.29. The van der Waals surface area contributed by atoms with Crippen LogP contribution in [-0.4, -0.2) is 13.5 Å². The van der Waals surface area contributed by atoms with Crippen molar-refractivity contribution < 1.29 is 31.8 Å². The topological polar surface area (TPSA) is 30.5 Å². The molecule has 1 atom stereocenters. The van der Waals surface area contributed by atoms with Gasteiger partial charge >= 0.3 is 6.36 Å². The van der Waals surface area contributed by atoms with Gasteiger partial charge in [-0.25, -0.2) is 0 Å². The molecule has 0 spiro atoms. The highest BCUT2D eigenvalue weighted by molar-refractivity contribution is 5.76. The monoisotopic (exact) mass is 437 g/mol. The number of hydrogen-bond donors (Lipinski definition) is 1. The van der Waals surface area contributed by atoms with Gasteiger partial charge in [0.1, 0.15) is 11.5 Å². The average Bonchev–Trinajstić information content (AvgIpc) is 2.78. The van der Waals surface area contributed by atoms with Crippen LogP contribution >= 0.6 is 0 Å². The van der Waals surface area contributed by atoms with Crippen LogP contribution < -0.4 is 14.8 Å². The maximum atomic E-state index is 12.5. The predicted octanol–water partition coefficient (Wildman–Crippen LogP) is 7.20. The lowest BCUT2D eigenvalue weighted by Crippen LogP contribution is -2.20. The quantitative estimate of drug-likeness (QED) is 0.438. The Hall–Kier alpha value is -3.29. The molecular weight excluding hydrogens is 417 g/mol. The molecule has 164 valence electrons. The fourth-order valence-corrected chi connectivity index (χ4v) is 3.78. The first-order chi connectivity index (χ1) is 14.9. The molecule has 0 radical (unpaired) electrons. The highest BCUT2D eigenvalue weighted by atomic mass is 20.0. The number of methoxy groups -OCH3 is 1. The van der Waals surface area contributed by atoms with Gasteiger partial charge in [-0.3, -0.25) is 0 Å². The molecule has 0 aromatic heterocycles. The van der Waals surface area contributed by atoms with Crippen LogP contribution in [0.25, 0.3) is 11.1 Å². The molecule has 1 aliphatic rings.